The van der Waals surface area contributed by atoms with Gasteiger partial charge >= 0.3 is 0 Å². The topological polar surface area (TPSA) is 62.8 Å². The van der Waals surface area contributed by atoms with E-state index >= 15 is 0 Å². The van der Waals surface area contributed by atoms with E-state index in [0.717, 1.165) is 28.7 Å². The van der Waals surface area contributed by atoms with Gasteiger partial charge in [0.1, 0.15) is 22.9 Å². The Morgan fingerprint density at radius 3 is 2.43 bits per heavy atom. The average molecular weight is 407 g/mol. The van der Waals surface area contributed by atoms with E-state index in [1.165, 1.54) is 25.1 Å². The number of benzene rings is 2. The number of halogens is 1. The largest absolute Gasteiger partial charge is 0.461 e. The second-order valence-corrected chi connectivity index (χ2v) is 8.33. The summed E-state index contributed by atoms with van der Waals surface area (Å²) >= 11 is 0. The smallest absolute Gasteiger partial charge is 0.159 e. The minimum absolute atomic E-state index is 0.108. The Balaban J connectivity index is 2.01. The van der Waals surface area contributed by atoms with Crippen molar-refractivity contribution in [3.8, 4) is 0 Å². The van der Waals surface area contributed by atoms with Crippen LogP contribution in [0.4, 0.5) is 4.39 Å². The summed E-state index contributed by atoms with van der Waals surface area (Å²) in [5.41, 5.74) is 3.41. The Kier molecular flexibility index (Phi) is 5.92. The number of aryl methyl sites for hydroxylation is 1. The maximum atomic E-state index is 14.3. The number of oxime groups is 1. The fraction of sp³-hybridized carbons (Fsp3) is 0.280. The molecule has 1 N–H and O–H groups in total. The molecule has 0 bridgehead atoms. The van der Waals surface area contributed by atoms with Gasteiger partial charge in [0.05, 0.1) is 0 Å². The number of furan rings is 1. The van der Waals surface area contributed by atoms with E-state index in [-0.39, 0.29) is 11.2 Å². The lowest BCUT2D eigenvalue weighted by Gasteiger charge is -2.19. The van der Waals surface area contributed by atoms with Gasteiger partial charge in [-0.05, 0) is 48.8 Å². The molecule has 1 aromatic heterocycles. The van der Waals surface area contributed by atoms with E-state index in [2.05, 4.69) is 32.9 Å². The number of carbonyl (C=O) groups excluding carboxylic acids is 1. The molecule has 4 nitrogen and oxygen atoms in total. The molecular formula is C25H26FNO3. The van der Waals surface area contributed by atoms with E-state index in [1.807, 2.05) is 18.2 Å². The molecule has 5 heteroatoms. The molecule has 156 valence electrons. The lowest BCUT2D eigenvalue weighted by atomic mass is 9.84. The zero-order valence-corrected chi connectivity index (χ0v) is 17.9. The van der Waals surface area contributed by atoms with Crippen LogP contribution in [0.5, 0.6) is 0 Å². The Morgan fingerprint density at radius 1 is 1.17 bits per heavy atom. The summed E-state index contributed by atoms with van der Waals surface area (Å²) < 4.78 is 20.3. The van der Waals surface area contributed by atoms with Gasteiger partial charge in [0.15, 0.2) is 5.78 Å². The molecule has 0 radical (unpaired) electrons. The monoisotopic (exact) mass is 407 g/mol. The molecule has 0 aliphatic carbocycles. The highest BCUT2D eigenvalue weighted by Gasteiger charge is 2.24. The van der Waals surface area contributed by atoms with E-state index in [1.54, 1.807) is 12.1 Å². The molecule has 3 rings (SSSR count). The minimum atomic E-state index is -0.510. The molecule has 0 saturated carbocycles. The van der Waals surface area contributed by atoms with Gasteiger partial charge in [0.2, 0.25) is 0 Å². The number of allylic oxidation sites excluding steroid dienone is 1. The van der Waals surface area contributed by atoms with Gasteiger partial charge < -0.3 is 9.62 Å². The number of Topliss-reactive ketones (excluding diaryl/α,β-unsaturated/α-hetero) is 1. The summed E-state index contributed by atoms with van der Waals surface area (Å²) in [7, 11) is 0. The first-order valence-electron chi connectivity index (χ1n) is 9.92. The van der Waals surface area contributed by atoms with Crippen molar-refractivity contribution in [2.24, 2.45) is 5.16 Å². The standard InChI is InChI=1S/C25H26FNO3/c1-6-22-24(25(3,4)5)19-13-18(10-12-23(19)30-22)21(27-29)11-9-16-7-8-17(15(2)28)14-20(16)26/h7-14,29H,6H2,1-5H3/b11-9+,27-21?. The Labute approximate surface area is 175 Å². The van der Waals surface area contributed by atoms with E-state index in [9.17, 15) is 14.4 Å². The molecular weight excluding hydrogens is 381 g/mol. The molecule has 0 spiro atoms. The van der Waals surface area contributed by atoms with Crippen molar-refractivity contribution < 1.29 is 18.8 Å². The van der Waals surface area contributed by atoms with Crippen molar-refractivity contribution in [2.75, 3.05) is 0 Å². The molecule has 0 fully saturated rings. The summed E-state index contributed by atoms with van der Waals surface area (Å²) in [4.78, 5) is 11.4. The number of hydrogen-bond acceptors (Lipinski definition) is 4. The van der Waals surface area contributed by atoms with Crippen LogP contribution in [0.15, 0.2) is 52.0 Å². The summed E-state index contributed by atoms with van der Waals surface area (Å²) in [6.07, 6.45) is 3.85. The fourth-order valence-electron chi connectivity index (χ4n) is 3.62. The van der Waals surface area contributed by atoms with Gasteiger partial charge in [-0.3, -0.25) is 4.79 Å². The zero-order chi connectivity index (χ0) is 22.1. The van der Waals surface area contributed by atoms with Crippen molar-refractivity contribution in [2.45, 2.75) is 46.5 Å². The molecule has 0 atom stereocenters. The predicted molar refractivity (Wildman–Crippen MR) is 118 cm³/mol. The number of ketones is 1. The predicted octanol–water partition coefficient (Wildman–Crippen LogP) is 6.53. The quantitative estimate of drug-likeness (QED) is 0.226. The maximum absolute atomic E-state index is 14.3. The highest BCUT2D eigenvalue weighted by molar-refractivity contribution is 6.12. The normalized spacial score (nSPS) is 12.8. The van der Waals surface area contributed by atoms with Crippen LogP contribution in [0, 0.1) is 5.82 Å². The van der Waals surface area contributed by atoms with Crippen molar-refractivity contribution in [3.63, 3.8) is 0 Å². The van der Waals surface area contributed by atoms with Gasteiger partial charge in [-0.15, -0.1) is 0 Å². The molecule has 0 amide bonds. The first-order valence-corrected chi connectivity index (χ1v) is 9.92. The molecule has 2 aromatic carbocycles. The highest BCUT2D eigenvalue weighted by Crippen LogP contribution is 2.36. The number of fused-ring (bicyclic) bond motifs is 1. The van der Waals surface area contributed by atoms with Crippen molar-refractivity contribution in [3.05, 3.63) is 76.3 Å². The molecule has 0 saturated heterocycles. The van der Waals surface area contributed by atoms with Gasteiger partial charge in [0.25, 0.3) is 0 Å². The van der Waals surface area contributed by atoms with Crippen molar-refractivity contribution in [1.29, 1.82) is 0 Å². The molecule has 3 aromatic rings. The van der Waals surface area contributed by atoms with Gasteiger partial charge in [0, 0.05) is 34.1 Å². The second-order valence-electron chi connectivity index (χ2n) is 8.33. The van der Waals surface area contributed by atoms with Gasteiger partial charge in [-0.2, -0.15) is 0 Å². The lowest BCUT2D eigenvalue weighted by Crippen LogP contribution is -2.12. The summed E-state index contributed by atoms with van der Waals surface area (Å²) in [5.74, 6) is 0.237. The number of carbonyl (C=O) groups is 1. The molecule has 0 aliphatic rings. The lowest BCUT2D eigenvalue weighted by molar-refractivity contribution is 0.101. The number of nitrogens with zero attached hydrogens (tertiary/aromatic N) is 1. The third kappa shape index (κ3) is 4.20. The van der Waals surface area contributed by atoms with Gasteiger partial charge in [-0.25, -0.2) is 4.39 Å². The number of rotatable bonds is 5. The van der Waals surface area contributed by atoms with Crippen molar-refractivity contribution >= 4 is 28.5 Å². The third-order valence-corrected chi connectivity index (χ3v) is 5.06. The molecule has 30 heavy (non-hydrogen) atoms. The Morgan fingerprint density at radius 2 is 1.87 bits per heavy atom. The summed E-state index contributed by atoms with van der Waals surface area (Å²) in [6.45, 7) is 9.86. The van der Waals surface area contributed by atoms with Crippen molar-refractivity contribution in [1.82, 2.24) is 0 Å². The van der Waals surface area contributed by atoms with E-state index < -0.39 is 5.82 Å². The zero-order valence-electron chi connectivity index (χ0n) is 17.9. The second kappa shape index (κ2) is 8.27. The fourth-order valence-corrected chi connectivity index (χ4v) is 3.62. The minimum Gasteiger partial charge on any atom is -0.461 e. The molecule has 1 heterocycles. The summed E-state index contributed by atoms with van der Waals surface area (Å²) in [5, 5.41) is 13.9. The molecule has 0 aliphatic heterocycles. The van der Waals surface area contributed by atoms with Crippen LogP contribution in [-0.2, 0) is 11.8 Å². The van der Waals surface area contributed by atoms with Crippen LogP contribution in [0.1, 0.15) is 67.4 Å². The highest BCUT2D eigenvalue weighted by atomic mass is 19.1. The van der Waals surface area contributed by atoms with Crippen LogP contribution >= 0.6 is 0 Å². The number of hydrogen-bond donors (Lipinski definition) is 1. The first-order chi connectivity index (χ1) is 14.2. The third-order valence-electron chi connectivity index (χ3n) is 5.06. The van der Waals surface area contributed by atoms with Crippen LogP contribution in [-0.4, -0.2) is 16.7 Å². The van der Waals surface area contributed by atoms with Crippen LogP contribution in [0.25, 0.3) is 17.0 Å². The van der Waals surface area contributed by atoms with Crippen LogP contribution in [0.3, 0.4) is 0 Å². The maximum Gasteiger partial charge on any atom is 0.159 e. The Hall–Kier alpha value is -3.21. The SMILES string of the molecule is CCc1oc2ccc(C(/C=C/c3ccc(C(C)=O)cc3F)=NO)cc2c1C(C)(C)C. The Bertz CT molecular complexity index is 1160. The van der Waals surface area contributed by atoms with Crippen LogP contribution < -0.4 is 0 Å². The molecule has 0 unspecified atom stereocenters. The van der Waals surface area contributed by atoms with E-state index in [0.29, 0.717) is 22.4 Å². The summed E-state index contributed by atoms with van der Waals surface area (Å²) in [6, 6.07) is 9.92. The van der Waals surface area contributed by atoms with E-state index in [4.69, 9.17) is 4.42 Å². The van der Waals surface area contributed by atoms with Gasteiger partial charge in [-0.1, -0.05) is 45.0 Å². The average Bonchev–Trinajstić information content (AvgIpc) is 3.07. The van der Waals surface area contributed by atoms with Crippen LogP contribution in [0.2, 0.25) is 0 Å². The first kappa shape index (κ1) is 21.5.